The number of ether oxygens (including phenoxy) is 2. The number of nitrogens with zero attached hydrogens (tertiary/aromatic N) is 1. The Kier molecular flexibility index (Phi) is 4.94. The largest absolute Gasteiger partial charge is 0.454 e. The van der Waals surface area contributed by atoms with E-state index in [9.17, 15) is 19.2 Å². The van der Waals surface area contributed by atoms with Crippen molar-refractivity contribution in [3.8, 4) is 11.5 Å². The molecule has 10 heteroatoms. The zero-order chi connectivity index (χ0) is 21.5. The van der Waals surface area contributed by atoms with Crippen LogP contribution in [0.15, 0.2) is 30.3 Å². The Hall–Kier alpha value is -3.40. The van der Waals surface area contributed by atoms with Crippen molar-refractivity contribution in [3.05, 3.63) is 45.6 Å². The molecule has 156 valence electrons. The van der Waals surface area contributed by atoms with Gasteiger partial charge >= 0.3 is 6.03 Å². The molecule has 2 aliphatic heterocycles. The molecule has 1 saturated heterocycles. The number of carbonyl (C=O) groups is 4. The Morgan fingerprint density at radius 3 is 2.73 bits per heavy atom. The number of thiophene rings is 1. The number of rotatable bonds is 6. The van der Waals surface area contributed by atoms with Crippen LogP contribution in [0.3, 0.4) is 0 Å². The Labute approximate surface area is 175 Å². The summed E-state index contributed by atoms with van der Waals surface area (Å²) in [6, 6.07) is 7.74. The van der Waals surface area contributed by atoms with Crippen molar-refractivity contribution in [2.45, 2.75) is 25.9 Å². The van der Waals surface area contributed by atoms with Gasteiger partial charge in [-0.3, -0.25) is 19.3 Å². The molecule has 2 aliphatic rings. The van der Waals surface area contributed by atoms with Gasteiger partial charge in [0.1, 0.15) is 5.54 Å². The van der Waals surface area contributed by atoms with Crippen LogP contribution in [0, 0.1) is 0 Å². The minimum Gasteiger partial charge on any atom is -0.454 e. The molecule has 1 aromatic heterocycles. The van der Waals surface area contributed by atoms with Crippen LogP contribution in [0.2, 0.25) is 0 Å². The van der Waals surface area contributed by atoms with Gasteiger partial charge in [-0.05, 0) is 36.8 Å². The lowest BCUT2D eigenvalue weighted by atomic mass is 9.91. The minimum atomic E-state index is -1.32. The van der Waals surface area contributed by atoms with Gasteiger partial charge in [0.05, 0.1) is 18.0 Å². The van der Waals surface area contributed by atoms with E-state index in [1.165, 1.54) is 18.3 Å². The number of carbonyl (C=O) groups excluding carboxylic acids is 4. The number of benzene rings is 1. The zero-order valence-electron chi connectivity index (χ0n) is 16.3. The van der Waals surface area contributed by atoms with Crippen LogP contribution >= 0.6 is 11.3 Å². The van der Waals surface area contributed by atoms with Crippen molar-refractivity contribution in [3.63, 3.8) is 0 Å². The molecule has 0 spiro atoms. The molecule has 3 heterocycles. The Balaban J connectivity index is 1.49. The van der Waals surface area contributed by atoms with Gasteiger partial charge in [-0.2, -0.15) is 0 Å². The molecule has 9 nitrogen and oxygen atoms in total. The average Bonchev–Trinajstić information content (AvgIpc) is 3.41. The fourth-order valence-corrected chi connectivity index (χ4v) is 4.18. The number of amides is 4. The molecule has 4 rings (SSSR count). The molecule has 2 aromatic rings. The second kappa shape index (κ2) is 7.45. The molecule has 0 saturated carbocycles. The zero-order valence-corrected chi connectivity index (χ0v) is 17.1. The lowest BCUT2D eigenvalue weighted by Gasteiger charge is -2.22. The minimum absolute atomic E-state index is 0.0984. The first-order valence-corrected chi connectivity index (χ1v) is 10.00. The van der Waals surface area contributed by atoms with Crippen molar-refractivity contribution >= 4 is 35.0 Å². The van der Waals surface area contributed by atoms with Crippen molar-refractivity contribution in [1.29, 1.82) is 0 Å². The highest BCUT2D eigenvalue weighted by Gasteiger charge is 2.50. The van der Waals surface area contributed by atoms with Crippen LogP contribution in [0.25, 0.3) is 0 Å². The summed E-state index contributed by atoms with van der Waals surface area (Å²) in [4.78, 5) is 51.4. The highest BCUT2D eigenvalue weighted by atomic mass is 32.1. The van der Waals surface area contributed by atoms with Gasteiger partial charge in [0.25, 0.3) is 5.91 Å². The first kappa shape index (κ1) is 19.9. The van der Waals surface area contributed by atoms with Gasteiger partial charge in [-0.1, -0.05) is 6.07 Å². The third-order valence-electron chi connectivity index (χ3n) is 4.97. The van der Waals surface area contributed by atoms with E-state index in [0.717, 1.165) is 9.78 Å². The molecule has 1 aromatic carbocycles. The molecule has 1 unspecified atom stereocenters. The summed E-state index contributed by atoms with van der Waals surface area (Å²) in [6.07, 6.45) is 0. The van der Waals surface area contributed by atoms with E-state index >= 15 is 0 Å². The molecular formula is C20H19N3O6S. The highest BCUT2D eigenvalue weighted by Crippen LogP contribution is 2.37. The van der Waals surface area contributed by atoms with Crippen molar-refractivity contribution in [2.24, 2.45) is 0 Å². The third-order valence-corrected chi connectivity index (χ3v) is 6.10. The number of urea groups is 1. The molecule has 30 heavy (non-hydrogen) atoms. The van der Waals surface area contributed by atoms with E-state index in [-0.39, 0.29) is 25.0 Å². The summed E-state index contributed by atoms with van der Waals surface area (Å²) in [5, 5.41) is 5.34. The summed E-state index contributed by atoms with van der Waals surface area (Å²) in [6.45, 7) is 3.05. The highest BCUT2D eigenvalue weighted by molar-refractivity contribution is 7.14. The molecule has 0 bridgehead atoms. The second-order valence-electron chi connectivity index (χ2n) is 7.11. The maximum absolute atomic E-state index is 13.1. The van der Waals surface area contributed by atoms with Gasteiger partial charge in [0, 0.05) is 11.8 Å². The van der Waals surface area contributed by atoms with Gasteiger partial charge in [0.2, 0.25) is 12.7 Å². The smallest absolute Gasteiger partial charge is 0.325 e. The molecule has 2 N–H and O–H groups in total. The summed E-state index contributed by atoms with van der Waals surface area (Å²) in [5.41, 5.74) is -0.779. The normalized spacial score (nSPS) is 19.7. The van der Waals surface area contributed by atoms with Crippen molar-refractivity contribution in [1.82, 2.24) is 15.5 Å². The van der Waals surface area contributed by atoms with Crippen LogP contribution in [-0.2, 0) is 21.7 Å². The first-order chi connectivity index (χ1) is 14.3. The summed E-state index contributed by atoms with van der Waals surface area (Å²) < 4.78 is 10.6. The standard InChI is InChI=1S/C20H19N3O6S/c1-11(24)21-8-13-4-6-17(30-13)14(25)9-23-18(26)20(2,22-19(23)27)12-3-5-15-16(7-12)29-10-28-15/h3-7H,8-10H2,1-2H3,(H,21,24)(H,22,27). The van der Waals surface area contributed by atoms with Crippen LogP contribution in [0.1, 0.15) is 34.0 Å². The molecule has 1 atom stereocenters. The number of imide groups is 1. The molecular weight excluding hydrogens is 410 g/mol. The SMILES string of the molecule is CC(=O)NCc1ccc(C(=O)CN2C(=O)NC(C)(c3ccc4c(c3)OCO4)C2=O)s1. The van der Waals surface area contributed by atoms with Crippen LogP contribution in [0.5, 0.6) is 11.5 Å². The quantitative estimate of drug-likeness (QED) is 0.534. The number of hydrogen-bond acceptors (Lipinski definition) is 7. The van der Waals surface area contributed by atoms with Gasteiger partial charge < -0.3 is 20.1 Å². The summed E-state index contributed by atoms with van der Waals surface area (Å²) in [5.74, 6) is 0.0233. The topological polar surface area (TPSA) is 114 Å². The molecule has 1 fully saturated rings. The van der Waals surface area contributed by atoms with Crippen molar-refractivity contribution in [2.75, 3.05) is 13.3 Å². The number of hydrogen-bond donors (Lipinski definition) is 2. The van der Waals surface area contributed by atoms with Crippen LogP contribution < -0.4 is 20.1 Å². The van der Waals surface area contributed by atoms with Crippen LogP contribution in [0.4, 0.5) is 4.79 Å². The van der Waals surface area contributed by atoms with E-state index in [1.807, 2.05) is 0 Å². The predicted molar refractivity (Wildman–Crippen MR) is 106 cm³/mol. The number of ketones is 1. The number of nitrogens with one attached hydrogen (secondary N) is 2. The van der Waals surface area contributed by atoms with E-state index < -0.39 is 17.5 Å². The van der Waals surface area contributed by atoms with Gasteiger partial charge in [-0.15, -0.1) is 11.3 Å². The van der Waals surface area contributed by atoms with Crippen LogP contribution in [-0.4, -0.2) is 41.9 Å². The predicted octanol–water partition coefficient (Wildman–Crippen LogP) is 1.76. The summed E-state index contributed by atoms with van der Waals surface area (Å²) in [7, 11) is 0. The summed E-state index contributed by atoms with van der Waals surface area (Å²) >= 11 is 1.21. The first-order valence-electron chi connectivity index (χ1n) is 9.18. The van der Waals surface area contributed by atoms with Gasteiger partial charge in [0.15, 0.2) is 17.3 Å². The van der Waals surface area contributed by atoms with E-state index in [2.05, 4.69) is 10.6 Å². The van der Waals surface area contributed by atoms with Gasteiger partial charge in [-0.25, -0.2) is 4.79 Å². The molecule has 0 aliphatic carbocycles. The number of fused-ring (bicyclic) bond motifs is 1. The number of Topliss-reactive ketones (excluding diaryl/α,β-unsaturated/α-hetero) is 1. The lowest BCUT2D eigenvalue weighted by molar-refractivity contribution is -0.130. The molecule has 0 radical (unpaired) electrons. The third kappa shape index (κ3) is 3.50. The molecule has 4 amide bonds. The van der Waals surface area contributed by atoms with E-state index in [1.54, 1.807) is 37.3 Å². The fraction of sp³-hybridized carbons (Fsp3) is 0.300. The maximum atomic E-state index is 13.1. The van der Waals surface area contributed by atoms with E-state index in [0.29, 0.717) is 28.5 Å². The second-order valence-corrected chi connectivity index (χ2v) is 8.28. The Morgan fingerprint density at radius 1 is 1.20 bits per heavy atom. The Morgan fingerprint density at radius 2 is 1.97 bits per heavy atom. The Bertz CT molecular complexity index is 1060. The lowest BCUT2D eigenvalue weighted by Crippen LogP contribution is -2.41. The maximum Gasteiger partial charge on any atom is 0.325 e. The fourth-order valence-electron chi connectivity index (χ4n) is 3.30. The average molecular weight is 429 g/mol. The monoisotopic (exact) mass is 429 g/mol. The van der Waals surface area contributed by atoms with E-state index in [4.69, 9.17) is 9.47 Å². The van der Waals surface area contributed by atoms with Crippen molar-refractivity contribution < 1.29 is 28.7 Å².